The number of phenolic OH excluding ortho intramolecular Hbond substituents is 2. The van der Waals surface area contributed by atoms with Gasteiger partial charge >= 0.3 is 0 Å². The van der Waals surface area contributed by atoms with Crippen LogP contribution in [0.4, 0.5) is 41.6 Å². The maximum absolute atomic E-state index is 14.3. The predicted molar refractivity (Wildman–Crippen MR) is 560 cm³/mol. The van der Waals surface area contributed by atoms with Gasteiger partial charge in [-0.1, -0.05) is 269 Å². The highest BCUT2D eigenvalue weighted by atomic mass is 35.5. The highest BCUT2D eigenvalue weighted by molar-refractivity contribution is 6.37. The Morgan fingerprint density at radius 3 is 0.932 bits per heavy atom. The van der Waals surface area contributed by atoms with Crippen molar-refractivity contribution in [3.05, 3.63) is 488 Å². The number of anilines is 5. The number of halogens is 9. The number of para-hydroxylation sites is 7. The van der Waals surface area contributed by atoms with Gasteiger partial charge in [-0.3, -0.25) is 47.9 Å². The maximum Gasteiger partial charge on any atom is 0.264 e. The first-order valence-corrected chi connectivity index (χ1v) is 48.6. The molecule has 5 amide bonds. The normalized spacial score (nSPS) is 17.9. The average molecular weight is 2110 g/mol. The van der Waals surface area contributed by atoms with Crippen molar-refractivity contribution in [2.45, 2.75) is 107 Å². The number of nitrogens with zero attached hydrogens (tertiary/aromatic N) is 5. The minimum Gasteiger partial charge on any atom is -0.507 e. The van der Waals surface area contributed by atoms with E-state index in [2.05, 4.69) is 6.07 Å². The molecule has 0 aromatic heterocycles. The summed E-state index contributed by atoms with van der Waals surface area (Å²) in [6.45, 7) is 4.35. The van der Waals surface area contributed by atoms with Gasteiger partial charge in [-0.25, -0.2) is 13.2 Å². The van der Waals surface area contributed by atoms with Crippen molar-refractivity contribution in [3.63, 3.8) is 0 Å². The highest BCUT2D eigenvalue weighted by Crippen LogP contribution is 2.51. The molecule has 20 rings (SSSR count). The molecule has 0 saturated carbocycles. The molecule has 0 fully saturated rings. The van der Waals surface area contributed by atoms with Gasteiger partial charge in [0.1, 0.15) is 29.0 Å². The molecule has 15 aromatic carbocycles. The van der Waals surface area contributed by atoms with Gasteiger partial charge in [-0.2, -0.15) is 0 Å². The second-order valence-electron chi connectivity index (χ2n) is 35.9. The maximum atomic E-state index is 14.3. The van der Waals surface area contributed by atoms with Crippen LogP contribution >= 0.6 is 69.6 Å². The number of phenols is 2. The number of rotatable bonds is 25. The molecule has 0 spiro atoms. The van der Waals surface area contributed by atoms with Gasteiger partial charge < -0.3 is 60.2 Å². The van der Waals surface area contributed by atoms with E-state index in [0.29, 0.717) is 110 Å². The third kappa shape index (κ3) is 21.6. The molecule has 5 atom stereocenters. The lowest BCUT2D eigenvalue weighted by atomic mass is 9.88. The summed E-state index contributed by atoms with van der Waals surface area (Å²) in [6, 6.07) is 92.1. The molecule has 0 aliphatic carbocycles. The number of hydrogen-bond acceptors (Lipinski definition) is 17. The fourth-order valence-electron chi connectivity index (χ4n) is 18.7. The molecule has 0 saturated heterocycles. The van der Waals surface area contributed by atoms with E-state index in [1.54, 1.807) is 241 Å². The summed E-state index contributed by atoms with van der Waals surface area (Å²) in [5, 5.41) is 78.9. The van der Waals surface area contributed by atoms with Crippen molar-refractivity contribution in [1.29, 1.82) is 0 Å². The number of aromatic hydroxyl groups is 2. The number of aliphatic hydroxyl groups is 5. The van der Waals surface area contributed by atoms with Gasteiger partial charge in [0.15, 0.2) is 56.9 Å². The molecule has 0 radical (unpaired) electrons. The second-order valence-corrected chi connectivity index (χ2v) is 38.4. The fraction of sp³-hybridized carbons (Fsp3) is 0.145. The van der Waals surface area contributed by atoms with E-state index < -0.39 is 112 Å². The first-order chi connectivity index (χ1) is 70.7. The lowest BCUT2D eigenvalue weighted by molar-refractivity contribution is -0.136. The van der Waals surface area contributed by atoms with E-state index in [4.69, 9.17) is 69.6 Å². The number of ketones is 5. The summed E-state index contributed by atoms with van der Waals surface area (Å²) in [6.07, 6.45) is -2.23. The third-order valence-corrected chi connectivity index (χ3v) is 28.3. The van der Waals surface area contributed by atoms with Crippen molar-refractivity contribution in [2.75, 3.05) is 24.5 Å². The Labute approximate surface area is 877 Å². The van der Waals surface area contributed by atoms with Gasteiger partial charge in [0.25, 0.3) is 29.5 Å². The zero-order valence-corrected chi connectivity index (χ0v) is 83.4. The molecule has 5 aliphatic rings. The molecule has 22 nitrogen and oxygen atoms in total. The first-order valence-electron chi connectivity index (χ1n) is 46.3. The molecule has 0 unspecified atom stereocenters. The molecule has 31 heteroatoms. The lowest BCUT2D eigenvalue weighted by Gasteiger charge is -2.23. The smallest absolute Gasteiger partial charge is 0.264 e. The van der Waals surface area contributed by atoms with Gasteiger partial charge in [0.2, 0.25) is 0 Å². The molecule has 15 aromatic rings. The van der Waals surface area contributed by atoms with Crippen molar-refractivity contribution in [1.82, 2.24) is 0 Å². The zero-order valence-electron chi connectivity index (χ0n) is 78.8. The Kier molecular flexibility index (Phi) is 31.7. The summed E-state index contributed by atoms with van der Waals surface area (Å²) in [5.41, 5.74) is 0.245. The van der Waals surface area contributed by atoms with Crippen LogP contribution in [0.3, 0.4) is 0 Å². The van der Waals surface area contributed by atoms with Gasteiger partial charge in [-0.05, 0) is 182 Å². The monoisotopic (exact) mass is 2100 g/mol. The third-order valence-electron chi connectivity index (χ3n) is 26.3. The van der Waals surface area contributed by atoms with Crippen molar-refractivity contribution >= 4 is 156 Å². The van der Waals surface area contributed by atoms with E-state index >= 15 is 0 Å². The van der Waals surface area contributed by atoms with E-state index in [0.717, 1.165) is 28.8 Å². The Balaban J connectivity index is 0.000000132. The first kappa shape index (κ1) is 106. The number of benzene rings is 15. The average Bonchev–Trinajstić information content (AvgIpc) is 1.60. The summed E-state index contributed by atoms with van der Waals surface area (Å²) in [7, 11) is 0. The Hall–Kier alpha value is -15.1. The zero-order chi connectivity index (χ0) is 106. The molecule has 0 bridgehead atoms. The van der Waals surface area contributed by atoms with Crippen molar-refractivity contribution in [2.24, 2.45) is 0 Å². The number of amides is 5. The number of aryl methyl sites for hydroxylation is 2. The molecule has 7 N–H and O–H groups in total. The number of Topliss-reactive ketones (excluding diaryl/α,β-unsaturated/α-hetero) is 5. The molecule has 5 aliphatic heterocycles. The molecular weight excluding hydrogens is 2020 g/mol. The second kappa shape index (κ2) is 44.3. The van der Waals surface area contributed by atoms with Gasteiger partial charge in [0, 0.05) is 91.3 Å². The van der Waals surface area contributed by atoms with Crippen LogP contribution in [0.25, 0.3) is 0 Å². The Morgan fingerprint density at radius 2 is 0.574 bits per heavy atom. The molecule has 5 heterocycles. The summed E-state index contributed by atoms with van der Waals surface area (Å²) in [4.78, 5) is 137. The SMILES string of the molecule is Cc1ccc(CN2C(=O)[C@](O)(CC(=O)c3ccc(Cl)cc3)c3ccccc32)c(C)c1.O=C(C[C@@]1(O)C(=O)N(Cc2c(Cl)cccc2Cl)c2ccccc21)c1ccc(F)cc1.O=C(C[C@@]1(O)C(=O)N(Cc2c(Cl)cccc2Cl)c2ccccc21)c1ccccc1.O=C(C[C@@]1(O)C(=O)N(Cc2c(F)cccc2Cl)c2ccccc21)c1ccccc1O.O=C(C[C@@]1(O)C(=O)N(Cc2cccc(F)c2)c2ccccc21)c1ccccc1O. The lowest BCUT2D eigenvalue weighted by Crippen LogP contribution is -2.41. The quantitative estimate of drug-likeness (QED) is 0.0261. The van der Waals surface area contributed by atoms with E-state index in [1.165, 1.54) is 86.3 Å². The van der Waals surface area contributed by atoms with Crippen LogP contribution in [-0.2, 0) is 84.7 Å². The molecule has 748 valence electrons. The van der Waals surface area contributed by atoms with Crippen LogP contribution in [0.2, 0.25) is 30.1 Å². The minimum atomic E-state index is -2.15. The summed E-state index contributed by atoms with van der Waals surface area (Å²) >= 11 is 37.1. The van der Waals surface area contributed by atoms with Crippen LogP contribution in [0, 0.1) is 31.3 Å². The standard InChI is InChI=1S/C25H22ClNO3.C23H16Cl2FNO3.C23H17Cl2NO3.C23H17ClFNO4.C23H18FNO4/c1-16-7-8-19(17(2)13-16)15-27-22-6-4-3-5-21(22)25(30,24(27)29)14-23(28)18-9-11-20(26)12-10-18;24-18-5-3-6-19(25)16(18)13-27-20-7-2-1-4-17(20)23(30,22(27)29)12-21(28)14-8-10-15(26)11-9-14;24-18-10-6-11-19(25)16(18)14-26-20-12-5-4-9-17(20)23(29,22(26)28)13-21(27)15-7-2-1-3-8-15;24-17-8-5-9-18(25)15(17)13-26-19-10-3-2-7-16(19)23(30,22(26)29)12-21(28)14-6-1-4-11-20(14)27;24-16-7-5-6-15(12-16)14-25-19-10-3-2-9-18(19)23(29,22(25)28)13-21(27)17-8-1-4-11-20(17)26/h3-13,30H,14-15H2,1-2H3;1-11,30H,12-13H2;1-12,29H,13-14H2;1-11,27,30H,12-13H2;1-12,26,29H,13-14H2/t25-;4*23-/m00000/s1. The van der Waals surface area contributed by atoms with Gasteiger partial charge in [0.05, 0.1) is 104 Å². The predicted octanol–water partition coefficient (Wildman–Crippen LogP) is 22.8. The van der Waals surface area contributed by atoms with Crippen LogP contribution in [-0.4, -0.2) is 94.2 Å². The van der Waals surface area contributed by atoms with Crippen LogP contribution in [0.5, 0.6) is 11.5 Å². The van der Waals surface area contributed by atoms with Gasteiger partial charge in [-0.15, -0.1) is 0 Å². The van der Waals surface area contributed by atoms with E-state index in [-0.39, 0.29) is 94.9 Å². The topological polar surface area (TPSA) is 329 Å². The van der Waals surface area contributed by atoms with Crippen LogP contribution in [0.1, 0.15) is 151 Å². The number of carbonyl (C=O) groups excluding carboxylic acids is 10. The number of fused-ring (bicyclic) bond motifs is 5. The number of hydrogen-bond donors (Lipinski definition) is 7. The molecule has 148 heavy (non-hydrogen) atoms. The Morgan fingerprint density at radius 1 is 0.277 bits per heavy atom. The van der Waals surface area contributed by atoms with E-state index in [9.17, 15) is 96.9 Å². The highest BCUT2D eigenvalue weighted by Gasteiger charge is 2.57. The minimum absolute atomic E-state index is 0.00630. The van der Waals surface area contributed by atoms with E-state index in [1.807, 2.05) is 38.1 Å². The summed E-state index contributed by atoms with van der Waals surface area (Å²) in [5.74, 6) is -7.28. The van der Waals surface area contributed by atoms with Crippen molar-refractivity contribution < 1.29 is 96.9 Å². The Bertz CT molecular complexity index is 7700. The summed E-state index contributed by atoms with van der Waals surface area (Å²) < 4.78 is 41.0. The largest absolute Gasteiger partial charge is 0.507 e. The van der Waals surface area contributed by atoms with Crippen LogP contribution < -0.4 is 24.5 Å². The fourth-order valence-corrected chi connectivity index (χ4v) is 20.1. The van der Waals surface area contributed by atoms with Crippen LogP contribution in [0.15, 0.2) is 346 Å². The molecular formula is C117H90Cl6F3N5O17. The number of carbonyl (C=O) groups is 10. The van der Waals surface area contributed by atoms with Crippen molar-refractivity contribution in [3.8, 4) is 11.5 Å².